The first-order valence-electron chi connectivity index (χ1n) is 7.07. The molecule has 0 radical (unpaired) electrons. The summed E-state index contributed by atoms with van der Waals surface area (Å²) < 4.78 is 11.2. The fourth-order valence-electron chi connectivity index (χ4n) is 2.05. The second-order valence-corrected chi connectivity index (χ2v) is 4.58. The molecule has 1 N–H and O–H groups in total. The minimum Gasteiger partial charge on any atom is -0.469 e. The van der Waals surface area contributed by atoms with E-state index < -0.39 is 0 Å². The number of hydrogen-bond donors (Lipinski definition) is 1. The van der Waals surface area contributed by atoms with Gasteiger partial charge >= 0.3 is 0 Å². The Morgan fingerprint density at radius 1 is 1.26 bits per heavy atom. The molecular formula is C15H22N2O2. The zero-order valence-corrected chi connectivity index (χ0v) is 11.7. The van der Waals surface area contributed by atoms with E-state index in [1.807, 2.05) is 6.07 Å². The van der Waals surface area contributed by atoms with Crippen molar-refractivity contribution < 1.29 is 8.83 Å². The highest BCUT2D eigenvalue weighted by atomic mass is 16.4. The Bertz CT molecular complexity index is 488. The summed E-state index contributed by atoms with van der Waals surface area (Å²) in [5.41, 5.74) is 1.02. The van der Waals surface area contributed by atoms with Crippen LogP contribution in [0.5, 0.6) is 0 Å². The predicted molar refractivity (Wildman–Crippen MR) is 75.1 cm³/mol. The van der Waals surface area contributed by atoms with Gasteiger partial charge in [0.15, 0.2) is 11.7 Å². The van der Waals surface area contributed by atoms with Gasteiger partial charge in [0, 0.05) is 12.8 Å². The summed E-state index contributed by atoms with van der Waals surface area (Å²) in [5, 5.41) is 3.37. The molecule has 2 aromatic rings. The van der Waals surface area contributed by atoms with Gasteiger partial charge < -0.3 is 14.2 Å². The van der Waals surface area contributed by atoms with Gasteiger partial charge in [-0.1, -0.05) is 13.8 Å². The van der Waals surface area contributed by atoms with E-state index in [1.165, 1.54) is 6.42 Å². The first kappa shape index (κ1) is 13.9. The highest BCUT2D eigenvalue weighted by Crippen LogP contribution is 2.26. The molecule has 4 heteroatoms. The second-order valence-electron chi connectivity index (χ2n) is 4.58. The van der Waals surface area contributed by atoms with Crippen molar-refractivity contribution in [1.29, 1.82) is 0 Å². The quantitative estimate of drug-likeness (QED) is 0.740. The molecule has 0 amide bonds. The number of hydrogen-bond acceptors (Lipinski definition) is 4. The van der Waals surface area contributed by atoms with E-state index in [9.17, 15) is 0 Å². The van der Waals surface area contributed by atoms with E-state index in [4.69, 9.17) is 8.83 Å². The largest absolute Gasteiger partial charge is 0.469 e. The fourth-order valence-corrected chi connectivity index (χ4v) is 2.05. The van der Waals surface area contributed by atoms with E-state index in [-0.39, 0.29) is 0 Å². The van der Waals surface area contributed by atoms with Gasteiger partial charge in [-0.25, -0.2) is 4.98 Å². The van der Waals surface area contributed by atoms with Crippen molar-refractivity contribution in [1.82, 2.24) is 10.3 Å². The van der Waals surface area contributed by atoms with E-state index in [0.29, 0.717) is 0 Å². The van der Waals surface area contributed by atoms with Crippen LogP contribution in [-0.2, 0) is 12.8 Å². The molecule has 104 valence electrons. The average Bonchev–Trinajstić information content (AvgIpc) is 3.06. The number of nitrogens with one attached hydrogen (secondary N) is 1. The van der Waals surface area contributed by atoms with Crippen LogP contribution in [0.25, 0.3) is 11.3 Å². The molecule has 0 aliphatic rings. The molecule has 19 heavy (non-hydrogen) atoms. The summed E-state index contributed by atoms with van der Waals surface area (Å²) in [7, 11) is 0. The SMILES string of the molecule is CCCNCCCc1ncc(-c2ccoc2CC)o1. The maximum Gasteiger partial charge on any atom is 0.194 e. The molecule has 0 saturated heterocycles. The molecule has 4 nitrogen and oxygen atoms in total. The fraction of sp³-hybridized carbons (Fsp3) is 0.533. The molecule has 0 aromatic carbocycles. The summed E-state index contributed by atoms with van der Waals surface area (Å²) in [4.78, 5) is 4.33. The van der Waals surface area contributed by atoms with Crippen LogP contribution in [0.1, 0.15) is 38.3 Å². The summed E-state index contributed by atoms with van der Waals surface area (Å²) >= 11 is 0. The lowest BCUT2D eigenvalue weighted by atomic mass is 10.2. The van der Waals surface area contributed by atoms with Crippen LogP contribution >= 0.6 is 0 Å². The summed E-state index contributed by atoms with van der Waals surface area (Å²) in [5.74, 6) is 2.56. The average molecular weight is 262 g/mol. The van der Waals surface area contributed by atoms with Crippen LogP contribution in [0.3, 0.4) is 0 Å². The number of nitrogens with zero attached hydrogens (tertiary/aromatic N) is 1. The van der Waals surface area contributed by atoms with E-state index in [0.717, 1.165) is 55.3 Å². The molecule has 0 bridgehead atoms. The summed E-state index contributed by atoms with van der Waals surface area (Å²) in [6.07, 6.45) is 7.44. The normalized spacial score (nSPS) is 11.1. The van der Waals surface area contributed by atoms with Crippen molar-refractivity contribution in [3.63, 3.8) is 0 Å². The number of aryl methyl sites for hydroxylation is 2. The molecule has 0 saturated carbocycles. The van der Waals surface area contributed by atoms with Crippen LogP contribution in [-0.4, -0.2) is 18.1 Å². The first-order valence-corrected chi connectivity index (χ1v) is 7.07. The Balaban J connectivity index is 1.88. The second kappa shape index (κ2) is 7.14. The maximum atomic E-state index is 5.78. The van der Waals surface area contributed by atoms with Crippen LogP contribution in [0.15, 0.2) is 27.4 Å². The smallest absolute Gasteiger partial charge is 0.194 e. The monoisotopic (exact) mass is 262 g/mol. The number of aromatic nitrogens is 1. The summed E-state index contributed by atoms with van der Waals surface area (Å²) in [6, 6.07) is 1.94. The number of oxazole rings is 1. The Morgan fingerprint density at radius 2 is 2.16 bits per heavy atom. The molecule has 0 aliphatic carbocycles. The minimum absolute atomic E-state index is 0.802. The Labute approximate surface area is 114 Å². The zero-order valence-electron chi connectivity index (χ0n) is 11.7. The Hall–Kier alpha value is -1.55. The van der Waals surface area contributed by atoms with Gasteiger partial charge in [-0.2, -0.15) is 0 Å². The molecule has 2 rings (SSSR count). The van der Waals surface area contributed by atoms with Crippen molar-refractivity contribution in [2.45, 2.75) is 39.5 Å². The van der Waals surface area contributed by atoms with Crippen LogP contribution in [0.2, 0.25) is 0 Å². The molecule has 2 heterocycles. The van der Waals surface area contributed by atoms with Gasteiger partial charge in [-0.05, 0) is 32.0 Å². The van der Waals surface area contributed by atoms with Crippen LogP contribution in [0.4, 0.5) is 0 Å². The predicted octanol–water partition coefficient (Wildman–Crippen LogP) is 3.43. The van der Waals surface area contributed by atoms with Crippen molar-refractivity contribution in [2.75, 3.05) is 13.1 Å². The van der Waals surface area contributed by atoms with Crippen molar-refractivity contribution in [3.05, 3.63) is 30.2 Å². The molecule has 0 aliphatic heterocycles. The van der Waals surface area contributed by atoms with Gasteiger partial charge in [-0.15, -0.1) is 0 Å². The summed E-state index contributed by atoms with van der Waals surface area (Å²) in [6.45, 7) is 6.33. The Kier molecular flexibility index (Phi) is 5.21. The minimum atomic E-state index is 0.802. The third kappa shape index (κ3) is 3.70. The first-order chi connectivity index (χ1) is 9.35. The number of rotatable bonds is 8. The lowest BCUT2D eigenvalue weighted by Crippen LogP contribution is -2.16. The standard InChI is InChI=1S/C15H22N2O2/c1-3-8-16-9-5-6-15-17-11-14(19-15)12-7-10-18-13(12)4-2/h7,10-11,16H,3-6,8-9H2,1-2H3. The van der Waals surface area contributed by atoms with Crippen LogP contribution in [0, 0.1) is 0 Å². The molecule has 2 aromatic heterocycles. The lowest BCUT2D eigenvalue weighted by Gasteiger charge is -2.00. The van der Waals surface area contributed by atoms with Gasteiger partial charge in [-0.3, -0.25) is 0 Å². The zero-order chi connectivity index (χ0) is 13.5. The highest BCUT2D eigenvalue weighted by Gasteiger charge is 2.12. The van der Waals surface area contributed by atoms with E-state index in [2.05, 4.69) is 24.1 Å². The molecular weight excluding hydrogens is 240 g/mol. The van der Waals surface area contributed by atoms with Crippen molar-refractivity contribution in [3.8, 4) is 11.3 Å². The topological polar surface area (TPSA) is 51.2 Å². The third-order valence-electron chi connectivity index (χ3n) is 3.06. The molecule has 0 fully saturated rings. The van der Waals surface area contributed by atoms with Gasteiger partial charge in [0.2, 0.25) is 0 Å². The van der Waals surface area contributed by atoms with Gasteiger partial charge in [0.05, 0.1) is 18.0 Å². The molecule has 0 spiro atoms. The lowest BCUT2D eigenvalue weighted by molar-refractivity contribution is 0.486. The molecule has 0 atom stereocenters. The Morgan fingerprint density at radius 3 is 2.95 bits per heavy atom. The van der Waals surface area contributed by atoms with Gasteiger partial charge in [0.1, 0.15) is 5.76 Å². The highest BCUT2D eigenvalue weighted by molar-refractivity contribution is 5.58. The third-order valence-corrected chi connectivity index (χ3v) is 3.06. The maximum absolute atomic E-state index is 5.78. The van der Waals surface area contributed by atoms with E-state index in [1.54, 1.807) is 12.5 Å². The van der Waals surface area contributed by atoms with Crippen molar-refractivity contribution >= 4 is 0 Å². The van der Waals surface area contributed by atoms with E-state index >= 15 is 0 Å². The van der Waals surface area contributed by atoms with Gasteiger partial charge in [0.25, 0.3) is 0 Å². The number of furan rings is 1. The van der Waals surface area contributed by atoms with Crippen molar-refractivity contribution in [2.24, 2.45) is 0 Å². The molecule has 0 unspecified atom stereocenters. The van der Waals surface area contributed by atoms with Crippen LogP contribution < -0.4 is 5.32 Å².